The van der Waals surface area contributed by atoms with E-state index in [1.54, 1.807) is 18.4 Å². The Labute approximate surface area is 120 Å². The fourth-order valence-electron chi connectivity index (χ4n) is 1.80. The van der Waals surface area contributed by atoms with Gasteiger partial charge < -0.3 is 10.5 Å². The zero-order chi connectivity index (χ0) is 14.1. The van der Waals surface area contributed by atoms with Crippen molar-refractivity contribution in [2.45, 2.75) is 32.9 Å². The molecule has 1 unspecified atom stereocenters. The molecule has 0 aliphatic rings. The Bertz CT molecular complexity index is 419. The van der Waals surface area contributed by atoms with E-state index in [0.717, 1.165) is 31.7 Å². The molecule has 19 heavy (non-hydrogen) atoms. The average Bonchev–Trinajstić information content (AvgIpc) is 2.87. The lowest BCUT2D eigenvalue weighted by Gasteiger charge is -2.27. The van der Waals surface area contributed by atoms with Gasteiger partial charge in [0.05, 0.1) is 13.2 Å². The number of rotatable bonds is 7. The van der Waals surface area contributed by atoms with Crippen LogP contribution in [0.4, 0.5) is 0 Å². The Kier molecular flexibility index (Phi) is 7.76. The van der Waals surface area contributed by atoms with E-state index in [4.69, 9.17) is 10.5 Å². The van der Waals surface area contributed by atoms with Crippen molar-refractivity contribution in [2.75, 3.05) is 26.8 Å². The van der Waals surface area contributed by atoms with Gasteiger partial charge in [0, 0.05) is 42.1 Å². The number of methoxy groups -OCH3 is 1. The molecule has 0 aliphatic carbocycles. The summed E-state index contributed by atoms with van der Waals surface area (Å²) in [4.78, 5) is 3.80. The first-order chi connectivity index (χ1) is 9.21. The zero-order valence-electron chi connectivity index (χ0n) is 12.1. The fraction of sp³-hybridized carbons (Fsp3) is 0.600. The predicted molar refractivity (Wildman–Crippen MR) is 82.3 cm³/mol. The van der Waals surface area contributed by atoms with Gasteiger partial charge in [-0.2, -0.15) is 0 Å². The highest BCUT2D eigenvalue weighted by Crippen LogP contribution is 2.18. The first-order valence-electron chi connectivity index (χ1n) is 6.70. The van der Waals surface area contributed by atoms with Crippen LogP contribution < -0.4 is 5.73 Å². The first-order valence-corrected chi connectivity index (χ1v) is 7.58. The molecule has 0 spiro atoms. The molecule has 1 aromatic rings. The highest BCUT2D eigenvalue weighted by atomic mass is 32.1. The molecule has 0 fully saturated rings. The van der Waals surface area contributed by atoms with Crippen molar-refractivity contribution in [3.05, 3.63) is 21.9 Å². The Balaban J connectivity index is 2.64. The van der Waals surface area contributed by atoms with E-state index >= 15 is 0 Å². The third-order valence-corrected chi connectivity index (χ3v) is 4.07. The van der Waals surface area contributed by atoms with Crippen LogP contribution in [0, 0.1) is 11.8 Å². The van der Waals surface area contributed by atoms with Gasteiger partial charge in [0.25, 0.3) is 0 Å². The van der Waals surface area contributed by atoms with E-state index in [1.165, 1.54) is 4.88 Å². The van der Waals surface area contributed by atoms with Crippen molar-refractivity contribution >= 4 is 11.3 Å². The SMILES string of the molecule is CCC(C)N(CCOC)Cc1cc(C#CCN)cs1. The van der Waals surface area contributed by atoms with Gasteiger partial charge in [-0.1, -0.05) is 18.8 Å². The van der Waals surface area contributed by atoms with E-state index in [2.05, 4.69) is 42.0 Å². The van der Waals surface area contributed by atoms with Gasteiger partial charge in [0.2, 0.25) is 0 Å². The Morgan fingerprint density at radius 2 is 2.32 bits per heavy atom. The van der Waals surface area contributed by atoms with Gasteiger partial charge in [-0.25, -0.2) is 0 Å². The molecule has 0 saturated carbocycles. The van der Waals surface area contributed by atoms with Crippen LogP contribution in [0.25, 0.3) is 0 Å². The Morgan fingerprint density at radius 1 is 1.53 bits per heavy atom. The van der Waals surface area contributed by atoms with Crippen molar-refractivity contribution in [2.24, 2.45) is 5.73 Å². The summed E-state index contributed by atoms with van der Waals surface area (Å²) in [6, 6.07) is 2.73. The highest BCUT2D eigenvalue weighted by molar-refractivity contribution is 7.10. The molecule has 0 aliphatic heterocycles. The zero-order valence-corrected chi connectivity index (χ0v) is 12.9. The summed E-state index contributed by atoms with van der Waals surface area (Å²) in [7, 11) is 1.75. The molecule has 1 heterocycles. The second kappa shape index (κ2) is 9.11. The van der Waals surface area contributed by atoms with Crippen LogP contribution in [-0.4, -0.2) is 37.7 Å². The number of nitrogens with two attached hydrogens (primary N) is 1. The monoisotopic (exact) mass is 280 g/mol. The maximum atomic E-state index is 5.38. The van der Waals surface area contributed by atoms with Gasteiger partial charge >= 0.3 is 0 Å². The molecule has 1 rings (SSSR count). The summed E-state index contributed by atoms with van der Waals surface area (Å²) in [5.74, 6) is 5.97. The topological polar surface area (TPSA) is 38.5 Å². The minimum atomic E-state index is 0.415. The number of hydrogen-bond donors (Lipinski definition) is 1. The predicted octanol–water partition coefficient (Wildman–Crippen LogP) is 2.31. The van der Waals surface area contributed by atoms with Crippen molar-refractivity contribution in [1.29, 1.82) is 0 Å². The molecule has 0 amide bonds. The lowest BCUT2D eigenvalue weighted by atomic mass is 10.2. The van der Waals surface area contributed by atoms with E-state index < -0.39 is 0 Å². The molecule has 3 nitrogen and oxygen atoms in total. The van der Waals surface area contributed by atoms with Crippen LogP contribution in [0.2, 0.25) is 0 Å². The summed E-state index contributed by atoms with van der Waals surface area (Å²) < 4.78 is 5.19. The van der Waals surface area contributed by atoms with Crippen LogP contribution >= 0.6 is 11.3 Å². The second-order valence-electron chi connectivity index (χ2n) is 4.53. The molecule has 4 heteroatoms. The highest BCUT2D eigenvalue weighted by Gasteiger charge is 2.13. The van der Waals surface area contributed by atoms with Crippen LogP contribution in [0.15, 0.2) is 11.4 Å². The van der Waals surface area contributed by atoms with E-state index in [1.807, 2.05) is 0 Å². The van der Waals surface area contributed by atoms with Gasteiger partial charge in [0.15, 0.2) is 0 Å². The molecule has 106 valence electrons. The minimum Gasteiger partial charge on any atom is -0.383 e. The van der Waals surface area contributed by atoms with Crippen LogP contribution in [-0.2, 0) is 11.3 Å². The standard InChI is InChI=1S/C15H24N2OS/c1-4-13(2)17(8-9-18-3)11-15-10-14(12-19-15)6-5-7-16/h10,12-13H,4,7-9,11,16H2,1-3H3. The molecule has 0 aromatic carbocycles. The number of thiophene rings is 1. The lowest BCUT2D eigenvalue weighted by molar-refractivity contribution is 0.119. The molecule has 0 radical (unpaired) electrons. The Morgan fingerprint density at radius 3 is 2.95 bits per heavy atom. The first kappa shape index (κ1) is 16.2. The lowest BCUT2D eigenvalue weighted by Crippen LogP contribution is -2.34. The largest absolute Gasteiger partial charge is 0.383 e. The molecule has 1 aromatic heterocycles. The van der Waals surface area contributed by atoms with Gasteiger partial charge in [0.1, 0.15) is 0 Å². The van der Waals surface area contributed by atoms with Crippen LogP contribution in [0.3, 0.4) is 0 Å². The Hall–Kier alpha value is -0.860. The smallest absolute Gasteiger partial charge is 0.0589 e. The van der Waals surface area contributed by atoms with Gasteiger partial charge in [-0.05, 0) is 19.4 Å². The molecule has 2 N–H and O–H groups in total. The maximum Gasteiger partial charge on any atom is 0.0589 e. The average molecular weight is 280 g/mol. The maximum absolute atomic E-state index is 5.38. The van der Waals surface area contributed by atoms with Crippen molar-refractivity contribution in [3.8, 4) is 11.8 Å². The second-order valence-corrected chi connectivity index (χ2v) is 5.52. The molecular weight excluding hydrogens is 256 g/mol. The third-order valence-electron chi connectivity index (χ3n) is 3.14. The van der Waals surface area contributed by atoms with Crippen LogP contribution in [0.1, 0.15) is 30.7 Å². The minimum absolute atomic E-state index is 0.415. The van der Waals surface area contributed by atoms with Crippen molar-refractivity contribution < 1.29 is 4.74 Å². The summed E-state index contributed by atoms with van der Waals surface area (Å²) in [6.07, 6.45) is 1.15. The molecule has 0 saturated heterocycles. The third kappa shape index (κ3) is 5.75. The quantitative estimate of drug-likeness (QED) is 0.779. The normalized spacial score (nSPS) is 12.3. The number of nitrogens with zero attached hydrogens (tertiary/aromatic N) is 1. The van der Waals surface area contributed by atoms with Crippen LogP contribution in [0.5, 0.6) is 0 Å². The summed E-state index contributed by atoms with van der Waals surface area (Å²) in [5, 5.41) is 2.10. The molecule has 1 atom stereocenters. The number of hydrogen-bond acceptors (Lipinski definition) is 4. The van der Waals surface area contributed by atoms with E-state index in [-0.39, 0.29) is 0 Å². The van der Waals surface area contributed by atoms with E-state index in [9.17, 15) is 0 Å². The molecular formula is C15H24N2OS. The van der Waals surface area contributed by atoms with Crippen molar-refractivity contribution in [3.63, 3.8) is 0 Å². The van der Waals surface area contributed by atoms with Gasteiger partial charge in [-0.15, -0.1) is 11.3 Å². The van der Waals surface area contributed by atoms with E-state index in [0.29, 0.717) is 12.6 Å². The summed E-state index contributed by atoms with van der Waals surface area (Å²) in [5.41, 5.74) is 6.45. The number of ether oxygens (including phenoxy) is 1. The van der Waals surface area contributed by atoms with Gasteiger partial charge in [-0.3, -0.25) is 4.90 Å². The van der Waals surface area contributed by atoms with Crippen molar-refractivity contribution in [1.82, 2.24) is 4.90 Å². The summed E-state index contributed by atoms with van der Waals surface area (Å²) in [6.45, 7) is 7.60. The summed E-state index contributed by atoms with van der Waals surface area (Å²) >= 11 is 1.76. The fourth-order valence-corrected chi connectivity index (χ4v) is 2.65. The molecule has 0 bridgehead atoms.